The Kier molecular flexibility index (Phi) is 5.15. The van der Waals surface area contributed by atoms with Crippen LogP contribution in [0.25, 0.3) is 0 Å². The fraction of sp³-hybridized carbons (Fsp3) is 0.818. The lowest BCUT2D eigenvalue weighted by Crippen LogP contribution is -2.39. The molecule has 4 heteroatoms. The Morgan fingerprint density at radius 3 is 2.47 bits per heavy atom. The van der Waals surface area contributed by atoms with E-state index in [0.717, 1.165) is 32.1 Å². The molecule has 86 valence electrons. The van der Waals surface area contributed by atoms with E-state index >= 15 is 0 Å². The molecule has 0 heterocycles. The second kappa shape index (κ2) is 6.43. The maximum Gasteiger partial charge on any atom is 0.239 e. The van der Waals surface area contributed by atoms with Gasteiger partial charge >= 0.3 is 0 Å². The average molecular weight is 212 g/mol. The molecule has 0 unspecified atom stereocenters. The highest BCUT2D eigenvalue weighted by atomic mass is 16.2. The van der Waals surface area contributed by atoms with Crippen LogP contribution in [0.5, 0.6) is 0 Å². The van der Waals surface area contributed by atoms with Gasteiger partial charge in [0.1, 0.15) is 0 Å². The molecule has 0 atom stereocenters. The number of amides is 2. The summed E-state index contributed by atoms with van der Waals surface area (Å²) in [6, 6.07) is 0. The van der Waals surface area contributed by atoms with Crippen molar-refractivity contribution in [1.82, 2.24) is 10.6 Å². The fourth-order valence-electron chi connectivity index (χ4n) is 1.83. The van der Waals surface area contributed by atoms with E-state index in [1.165, 1.54) is 0 Å². The van der Waals surface area contributed by atoms with Crippen molar-refractivity contribution in [2.75, 3.05) is 13.1 Å². The minimum absolute atomic E-state index is 0.0409. The molecule has 0 spiro atoms. The van der Waals surface area contributed by atoms with Crippen molar-refractivity contribution in [3.8, 4) is 0 Å². The summed E-state index contributed by atoms with van der Waals surface area (Å²) in [5, 5.41) is 5.41. The zero-order chi connectivity index (χ0) is 11.1. The van der Waals surface area contributed by atoms with Crippen molar-refractivity contribution in [3.63, 3.8) is 0 Å². The van der Waals surface area contributed by atoms with Crippen LogP contribution in [-0.2, 0) is 9.59 Å². The number of hydrogen-bond acceptors (Lipinski definition) is 2. The van der Waals surface area contributed by atoms with Gasteiger partial charge in [0, 0.05) is 12.5 Å². The van der Waals surface area contributed by atoms with Crippen molar-refractivity contribution in [2.24, 2.45) is 5.92 Å². The molecular weight excluding hydrogens is 192 g/mol. The molecular formula is C11H20N2O2. The number of carbonyl (C=O) groups is 2. The smallest absolute Gasteiger partial charge is 0.239 e. The lowest BCUT2D eigenvalue weighted by atomic mass is 10.1. The Hall–Kier alpha value is -1.06. The number of carbonyl (C=O) groups excluding carboxylic acids is 2. The van der Waals surface area contributed by atoms with Gasteiger partial charge in [0.25, 0.3) is 0 Å². The number of rotatable bonds is 5. The Labute approximate surface area is 90.8 Å². The molecule has 0 aromatic carbocycles. The van der Waals surface area contributed by atoms with Crippen LogP contribution in [0.15, 0.2) is 0 Å². The molecule has 2 amide bonds. The first kappa shape index (κ1) is 12.0. The van der Waals surface area contributed by atoms with Gasteiger partial charge in [-0.1, -0.05) is 19.8 Å². The lowest BCUT2D eigenvalue weighted by molar-refractivity contribution is -0.128. The van der Waals surface area contributed by atoms with Crippen LogP contribution in [0.2, 0.25) is 0 Å². The molecule has 2 N–H and O–H groups in total. The molecule has 15 heavy (non-hydrogen) atoms. The topological polar surface area (TPSA) is 58.2 Å². The van der Waals surface area contributed by atoms with E-state index in [1.807, 2.05) is 6.92 Å². The predicted octanol–water partition coefficient (Wildman–Crippen LogP) is 0.819. The monoisotopic (exact) mass is 212 g/mol. The molecule has 0 aromatic rings. The highest BCUT2D eigenvalue weighted by molar-refractivity contribution is 5.85. The van der Waals surface area contributed by atoms with Crippen molar-refractivity contribution in [3.05, 3.63) is 0 Å². The Morgan fingerprint density at radius 1 is 1.20 bits per heavy atom. The third-order valence-electron chi connectivity index (χ3n) is 2.72. The summed E-state index contributed by atoms with van der Waals surface area (Å²) in [5.74, 6) is 0.0892. The van der Waals surface area contributed by atoms with Crippen LogP contribution in [0.1, 0.15) is 39.0 Å². The van der Waals surface area contributed by atoms with Crippen LogP contribution in [0.3, 0.4) is 0 Å². The Bertz CT molecular complexity index is 223. The summed E-state index contributed by atoms with van der Waals surface area (Å²) in [7, 11) is 0. The van der Waals surface area contributed by atoms with Gasteiger partial charge < -0.3 is 10.6 Å². The molecule has 1 saturated carbocycles. The summed E-state index contributed by atoms with van der Waals surface area (Å²) in [4.78, 5) is 22.7. The number of hydrogen-bond donors (Lipinski definition) is 2. The third kappa shape index (κ3) is 4.32. The van der Waals surface area contributed by atoms with Gasteiger partial charge in [0.15, 0.2) is 0 Å². The normalized spacial score (nSPS) is 16.3. The highest BCUT2D eigenvalue weighted by Gasteiger charge is 2.22. The lowest BCUT2D eigenvalue weighted by Gasteiger charge is -2.10. The number of nitrogens with one attached hydrogen (secondary N) is 2. The van der Waals surface area contributed by atoms with Crippen LogP contribution in [0.4, 0.5) is 0 Å². The van der Waals surface area contributed by atoms with E-state index in [4.69, 9.17) is 0 Å². The van der Waals surface area contributed by atoms with Crippen molar-refractivity contribution >= 4 is 11.8 Å². The zero-order valence-corrected chi connectivity index (χ0v) is 9.34. The van der Waals surface area contributed by atoms with Gasteiger partial charge in [0.2, 0.25) is 11.8 Å². The van der Waals surface area contributed by atoms with Crippen LogP contribution in [0, 0.1) is 5.92 Å². The minimum Gasteiger partial charge on any atom is -0.355 e. The molecule has 0 aliphatic heterocycles. The van der Waals surface area contributed by atoms with E-state index in [0.29, 0.717) is 6.54 Å². The van der Waals surface area contributed by atoms with Crippen LogP contribution < -0.4 is 10.6 Å². The fourth-order valence-corrected chi connectivity index (χ4v) is 1.83. The van der Waals surface area contributed by atoms with E-state index in [-0.39, 0.29) is 24.3 Å². The Morgan fingerprint density at radius 2 is 1.87 bits per heavy atom. The van der Waals surface area contributed by atoms with Crippen molar-refractivity contribution < 1.29 is 9.59 Å². The molecule has 1 rings (SSSR count). The van der Waals surface area contributed by atoms with E-state index < -0.39 is 0 Å². The quantitative estimate of drug-likeness (QED) is 0.709. The van der Waals surface area contributed by atoms with Gasteiger partial charge in [-0.15, -0.1) is 0 Å². The Balaban J connectivity index is 2.12. The maximum absolute atomic E-state index is 11.5. The first-order valence-corrected chi connectivity index (χ1v) is 5.78. The molecule has 1 aliphatic rings. The molecule has 1 aliphatic carbocycles. The predicted molar refractivity (Wildman–Crippen MR) is 58.3 cm³/mol. The second-order valence-corrected chi connectivity index (χ2v) is 4.05. The van der Waals surface area contributed by atoms with Gasteiger partial charge in [-0.3, -0.25) is 9.59 Å². The second-order valence-electron chi connectivity index (χ2n) is 4.05. The minimum atomic E-state index is -0.0943. The first-order chi connectivity index (χ1) is 7.24. The summed E-state index contributed by atoms with van der Waals surface area (Å²) >= 11 is 0. The van der Waals surface area contributed by atoms with Gasteiger partial charge in [-0.25, -0.2) is 0 Å². The zero-order valence-electron chi connectivity index (χ0n) is 9.34. The maximum atomic E-state index is 11.5. The summed E-state index contributed by atoms with van der Waals surface area (Å²) < 4.78 is 0. The van der Waals surface area contributed by atoms with Gasteiger partial charge in [0.05, 0.1) is 6.54 Å². The average Bonchev–Trinajstić information content (AvgIpc) is 2.76. The molecule has 1 fully saturated rings. The molecule has 0 bridgehead atoms. The third-order valence-corrected chi connectivity index (χ3v) is 2.72. The summed E-state index contributed by atoms with van der Waals surface area (Å²) in [5.41, 5.74) is 0. The van der Waals surface area contributed by atoms with Crippen LogP contribution >= 0.6 is 0 Å². The van der Waals surface area contributed by atoms with Crippen molar-refractivity contribution in [1.29, 1.82) is 0 Å². The van der Waals surface area contributed by atoms with Gasteiger partial charge in [-0.2, -0.15) is 0 Å². The van der Waals surface area contributed by atoms with Crippen LogP contribution in [-0.4, -0.2) is 24.9 Å². The van der Waals surface area contributed by atoms with E-state index in [9.17, 15) is 9.59 Å². The molecule has 0 aromatic heterocycles. The standard InChI is InChI=1S/C11H20N2O2/c1-2-7-12-10(14)8-13-11(15)9-5-3-4-6-9/h9H,2-8H2,1H3,(H,12,14)(H,13,15). The molecule has 4 nitrogen and oxygen atoms in total. The highest BCUT2D eigenvalue weighted by Crippen LogP contribution is 2.24. The van der Waals surface area contributed by atoms with E-state index in [2.05, 4.69) is 10.6 Å². The summed E-state index contributed by atoms with van der Waals surface area (Å²) in [6.07, 6.45) is 5.15. The SMILES string of the molecule is CCCNC(=O)CNC(=O)C1CCCC1. The van der Waals surface area contributed by atoms with E-state index in [1.54, 1.807) is 0 Å². The first-order valence-electron chi connectivity index (χ1n) is 5.78. The largest absolute Gasteiger partial charge is 0.355 e. The molecule has 0 radical (unpaired) electrons. The van der Waals surface area contributed by atoms with Crippen molar-refractivity contribution in [2.45, 2.75) is 39.0 Å². The van der Waals surface area contributed by atoms with Gasteiger partial charge in [-0.05, 0) is 19.3 Å². The molecule has 0 saturated heterocycles. The summed E-state index contributed by atoms with van der Waals surface area (Å²) in [6.45, 7) is 2.80.